The number of nitrogens with zero attached hydrogens (tertiary/aromatic N) is 4. The van der Waals surface area contributed by atoms with E-state index in [1.807, 2.05) is 20.3 Å². The Kier molecular flexibility index (Phi) is 2.77. The summed E-state index contributed by atoms with van der Waals surface area (Å²) in [5.74, 6) is 1.23. The van der Waals surface area contributed by atoms with E-state index in [9.17, 15) is 0 Å². The summed E-state index contributed by atoms with van der Waals surface area (Å²) in [6.07, 6.45) is 4.31. The average molecular weight is 207 g/mol. The fourth-order valence-electron chi connectivity index (χ4n) is 1.24. The summed E-state index contributed by atoms with van der Waals surface area (Å²) in [5, 5.41) is 11.0. The van der Waals surface area contributed by atoms with Crippen molar-refractivity contribution in [3.63, 3.8) is 0 Å². The molecule has 2 heterocycles. The largest absolute Gasteiger partial charge is 0.339 e. The lowest BCUT2D eigenvalue weighted by Crippen LogP contribution is -2.10. The fraction of sp³-hybridized carbons (Fsp3) is 0.444. The van der Waals surface area contributed by atoms with Gasteiger partial charge in [-0.25, -0.2) is 0 Å². The molecule has 0 aliphatic rings. The predicted molar refractivity (Wildman–Crippen MR) is 54.1 cm³/mol. The van der Waals surface area contributed by atoms with E-state index in [-0.39, 0.29) is 0 Å². The van der Waals surface area contributed by atoms with Crippen molar-refractivity contribution in [1.29, 1.82) is 0 Å². The summed E-state index contributed by atoms with van der Waals surface area (Å²) in [4.78, 5) is 4.26. The molecule has 1 N–H and O–H groups in total. The molecular weight excluding hydrogens is 194 g/mol. The summed E-state index contributed by atoms with van der Waals surface area (Å²) >= 11 is 0. The van der Waals surface area contributed by atoms with E-state index >= 15 is 0 Å². The second kappa shape index (κ2) is 4.22. The zero-order chi connectivity index (χ0) is 10.7. The van der Waals surface area contributed by atoms with Gasteiger partial charge in [0.25, 0.3) is 0 Å². The Morgan fingerprint density at radius 2 is 2.40 bits per heavy atom. The van der Waals surface area contributed by atoms with Crippen molar-refractivity contribution >= 4 is 0 Å². The van der Waals surface area contributed by atoms with Gasteiger partial charge in [-0.2, -0.15) is 10.1 Å². The first-order chi connectivity index (χ1) is 7.29. The Morgan fingerprint density at radius 3 is 3.07 bits per heavy atom. The molecule has 2 rings (SSSR count). The first kappa shape index (κ1) is 9.85. The number of hydrogen-bond donors (Lipinski definition) is 1. The molecule has 6 nitrogen and oxygen atoms in total. The van der Waals surface area contributed by atoms with Gasteiger partial charge in [0.05, 0.1) is 11.8 Å². The fourth-order valence-corrected chi connectivity index (χ4v) is 1.24. The molecule has 0 spiro atoms. The van der Waals surface area contributed by atoms with Gasteiger partial charge in [0.1, 0.15) is 0 Å². The Morgan fingerprint density at radius 1 is 1.53 bits per heavy atom. The first-order valence-electron chi connectivity index (χ1n) is 4.76. The quantitative estimate of drug-likeness (QED) is 0.777. The minimum absolute atomic E-state index is 0.592. The van der Waals surface area contributed by atoms with E-state index in [0.29, 0.717) is 11.7 Å². The van der Waals surface area contributed by atoms with Gasteiger partial charge in [0.15, 0.2) is 0 Å². The van der Waals surface area contributed by atoms with Crippen LogP contribution in [0.1, 0.15) is 5.89 Å². The minimum atomic E-state index is 0.592. The highest BCUT2D eigenvalue weighted by Gasteiger charge is 2.09. The van der Waals surface area contributed by atoms with E-state index in [1.54, 1.807) is 10.9 Å². The normalized spacial score (nSPS) is 10.8. The predicted octanol–water partition coefficient (Wildman–Crippen LogP) is 0.232. The van der Waals surface area contributed by atoms with Crippen LogP contribution in [0.15, 0.2) is 16.9 Å². The van der Waals surface area contributed by atoms with Gasteiger partial charge in [0.2, 0.25) is 11.7 Å². The molecule has 0 saturated carbocycles. The van der Waals surface area contributed by atoms with Crippen LogP contribution in [-0.2, 0) is 13.5 Å². The molecule has 6 heteroatoms. The molecule has 0 amide bonds. The smallest absolute Gasteiger partial charge is 0.228 e. The molecular formula is C9H13N5O. The van der Waals surface area contributed by atoms with Crippen LogP contribution in [0, 0.1) is 0 Å². The lowest BCUT2D eigenvalue weighted by atomic mass is 10.3. The number of aromatic nitrogens is 4. The zero-order valence-corrected chi connectivity index (χ0v) is 8.77. The zero-order valence-electron chi connectivity index (χ0n) is 8.77. The maximum atomic E-state index is 5.09. The van der Waals surface area contributed by atoms with Gasteiger partial charge < -0.3 is 9.84 Å². The summed E-state index contributed by atoms with van der Waals surface area (Å²) in [5.41, 5.74) is 0.872. The van der Waals surface area contributed by atoms with Crippen molar-refractivity contribution < 1.29 is 4.52 Å². The monoisotopic (exact) mass is 207 g/mol. The van der Waals surface area contributed by atoms with Crippen LogP contribution in [0.3, 0.4) is 0 Å². The molecule has 80 valence electrons. The molecule has 0 saturated heterocycles. The third-order valence-corrected chi connectivity index (χ3v) is 2.02. The van der Waals surface area contributed by atoms with Gasteiger partial charge in [-0.3, -0.25) is 4.68 Å². The number of nitrogens with one attached hydrogen (secondary N) is 1. The van der Waals surface area contributed by atoms with E-state index in [2.05, 4.69) is 20.6 Å². The SMILES string of the molecule is CNCCc1nc(-c2cnn(C)c2)no1. The van der Waals surface area contributed by atoms with Crippen molar-refractivity contribution in [1.82, 2.24) is 25.2 Å². The lowest BCUT2D eigenvalue weighted by molar-refractivity contribution is 0.377. The van der Waals surface area contributed by atoms with Crippen LogP contribution in [0.5, 0.6) is 0 Å². The second-order valence-corrected chi connectivity index (χ2v) is 3.27. The molecule has 0 fully saturated rings. The van der Waals surface area contributed by atoms with Gasteiger partial charge >= 0.3 is 0 Å². The third kappa shape index (κ3) is 2.21. The van der Waals surface area contributed by atoms with Crippen LogP contribution in [0.2, 0.25) is 0 Å². The first-order valence-corrected chi connectivity index (χ1v) is 4.76. The maximum Gasteiger partial charge on any atom is 0.228 e. The van der Waals surface area contributed by atoms with E-state index in [0.717, 1.165) is 18.5 Å². The highest BCUT2D eigenvalue weighted by molar-refractivity contribution is 5.50. The Labute approximate surface area is 87.3 Å². The van der Waals surface area contributed by atoms with Gasteiger partial charge in [-0.15, -0.1) is 0 Å². The van der Waals surface area contributed by atoms with Gasteiger partial charge in [-0.1, -0.05) is 5.16 Å². The number of hydrogen-bond acceptors (Lipinski definition) is 5. The maximum absolute atomic E-state index is 5.09. The van der Waals surface area contributed by atoms with Crippen LogP contribution in [-0.4, -0.2) is 33.5 Å². The average Bonchev–Trinajstić information content (AvgIpc) is 2.83. The molecule has 0 aliphatic carbocycles. The van der Waals surface area contributed by atoms with Crippen molar-refractivity contribution in [2.75, 3.05) is 13.6 Å². The summed E-state index contributed by atoms with van der Waals surface area (Å²) in [6.45, 7) is 0.828. The molecule has 0 unspecified atom stereocenters. The highest BCUT2D eigenvalue weighted by Crippen LogP contribution is 2.13. The molecule has 2 aromatic heterocycles. The van der Waals surface area contributed by atoms with Gasteiger partial charge in [0, 0.05) is 26.2 Å². The molecule has 0 bridgehead atoms. The number of likely N-dealkylation sites (N-methyl/N-ethyl adjacent to an activating group) is 1. The number of aryl methyl sites for hydroxylation is 1. The van der Waals surface area contributed by atoms with Crippen LogP contribution in [0.25, 0.3) is 11.4 Å². The topological polar surface area (TPSA) is 68.8 Å². The van der Waals surface area contributed by atoms with E-state index in [1.165, 1.54) is 0 Å². The van der Waals surface area contributed by atoms with E-state index < -0.39 is 0 Å². The summed E-state index contributed by atoms with van der Waals surface area (Å²) in [7, 11) is 3.74. The van der Waals surface area contributed by atoms with Crippen LogP contribution in [0.4, 0.5) is 0 Å². The summed E-state index contributed by atoms with van der Waals surface area (Å²) < 4.78 is 6.80. The van der Waals surface area contributed by atoms with Gasteiger partial charge in [-0.05, 0) is 7.05 Å². The van der Waals surface area contributed by atoms with Crippen molar-refractivity contribution in [3.8, 4) is 11.4 Å². The Bertz CT molecular complexity index is 433. The Balaban J connectivity index is 2.13. The van der Waals surface area contributed by atoms with Crippen LogP contribution < -0.4 is 5.32 Å². The van der Waals surface area contributed by atoms with Crippen molar-refractivity contribution in [2.45, 2.75) is 6.42 Å². The molecule has 0 aliphatic heterocycles. The highest BCUT2D eigenvalue weighted by atomic mass is 16.5. The molecule has 2 aromatic rings. The molecule has 15 heavy (non-hydrogen) atoms. The molecule has 0 radical (unpaired) electrons. The number of rotatable bonds is 4. The minimum Gasteiger partial charge on any atom is -0.339 e. The van der Waals surface area contributed by atoms with Crippen LogP contribution >= 0.6 is 0 Å². The molecule has 0 atom stereocenters. The Hall–Kier alpha value is -1.69. The lowest BCUT2D eigenvalue weighted by Gasteiger charge is -1.90. The standard InChI is InChI=1S/C9H13N5O/c1-10-4-3-8-12-9(13-15-8)7-5-11-14(2)6-7/h5-6,10H,3-4H2,1-2H3. The van der Waals surface area contributed by atoms with Crippen molar-refractivity contribution in [3.05, 3.63) is 18.3 Å². The second-order valence-electron chi connectivity index (χ2n) is 3.27. The third-order valence-electron chi connectivity index (χ3n) is 2.02. The summed E-state index contributed by atoms with van der Waals surface area (Å²) in [6, 6.07) is 0. The van der Waals surface area contributed by atoms with Crippen molar-refractivity contribution in [2.24, 2.45) is 7.05 Å². The van der Waals surface area contributed by atoms with E-state index in [4.69, 9.17) is 4.52 Å². The molecule has 0 aromatic carbocycles.